The third kappa shape index (κ3) is 4.12. The first-order chi connectivity index (χ1) is 16.5. The number of ether oxygens (including phenoxy) is 2. The SMILES string of the molecule is CCn1c(-c2ccc3c(c2)OCCO3)cnc1SCc1nc2ccccc2c(=O)n1CC(N)=O. The van der Waals surface area contributed by atoms with Crippen molar-refractivity contribution in [2.24, 2.45) is 5.73 Å². The van der Waals surface area contributed by atoms with E-state index in [1.54, 1.807) is 18.2 Å². The van der Waals surface area contributed by atoms with Crippen LogP contribution in [0, 0.1) is 0 Å². The van der Waals surface area contributed by atoms with Crippen molar-refractivity contribution in [2.45, 2.75) is 30.9 Å². The number of hydrogen-bond donors (Lipinski definition) is 1. The fourth-order valence-electron chi connectivity index (χ4n) is 3.98. The number of imidazole rings is 1. The molecule has 0 fully saturated rings. The molecule has 9 nitrogen and oxygen atoms in total. The molecule has 2 N–H and O–H groups in total. The number of nitrogens with zero attached hydrogens (tertiary/aromatic N) is 4. The van der Waals surface area contributed by atoms with Crippen molar-refractivity contribution < 1.29 is 14.3 Å². The standard InChI is InChI=1S/C24H23N5O4S/c1-2-28-18(15-7-8-19-20(11-15)33-10-9-32-19)12-26-24(28)34-14-22-27-17-6-4-3-5-16(17)23(31)29(22)13-21(25)30/h3-8,11-12H,2,9-10,13-14H2,1H3,(H2,25,30). The van der Waals surface area contributed by atoms with Gasteiger partial charge in [-0.05, 0) is 37.3 Å². The van der Waals surface area contributed by atoms with Gasteiger partial charge in [-0.25, -0.2) is 9.97 Å². The molecule has 0 bridgehead atoms. The van der Waals surface area contributed by atoms with Gasteiger partial charge < -0.3 is 19.8 Å². The zero-order valence-electron chi connectivity index (χ0n) is 18.6. The molecule has 3 heterocycles. The van der Waals surface area contributed by atoms with Crippen LogP contribution in [0.15, 0.2) is 58.6 Å². The van der Waals surface area contributed by atoms with Crippen LogP contribution in [0.25, 0.3) is 22.2 Å². The maximum absolute atomic E-state index is 13.0. The molecule has 1 aliphatic heterocycles. The van der Waals surface area contributed by atoms with E-state index >= 15 is 0 Å². The molecule has 174 valence electrons. The minimum Gasteiger partial charge on any atom is -0.486 e. The summed E-state index contributed by atoms with van der Waals surface area (Å²) in [7, 11) is 0. The van der Waals surface area contributed by atoms with E-state index in [2.05, 4.69) is 14.5 Å². The summed E-state index contributed by atoms with van der Waals surface area (Å²) in [5.74, 6) is 1.69. The summed E-state index contributed by atoms with van der Waals surface area (Å²) in [4.78, 5) is 33.9. The molecule has 34 heavy (non-hydrogen) atoms. The lowest BCUT2D eigenvalue weighted by Crippen LogP contribution is -2.31. The molecule has 2 aromatic carbocycles. The largest absolute Gasteiger partial charge is 0.486 e. The number of nitrogens with two attached hydrogens (primary N) is 1. The van der Waals surface area contributed by atoms with E-state index < -0.39 is 5.91 Å². The first-order valence-corrected chi connectivity index (χ1v) is 11.9. The lowest BCUT2D eigenvalue weighted by Gasteiger charge is -2.19. The van der Waals surface area contributed by atoms with E-state index in [4.69, 9.17) is 15.2 Å². The van der Waals surface area contributed by atoms with Crippen molar-refractivity contribution >= 4 is 28.6 Å². The zero-order chi connectivity index (χ0) is 23.7. The molecule has 4 aromatic rings. The maximum atomic E-state index is 13.0. The number of aromatic nitrogens is 4. The highest BCUT2D eigenvalue weighted by Gasteiger charge is 2.18. The molecule has 10 heteroatoms. The fourth-order valence-corrected chi connectivity index (χ4v) is 4.97. The number of rotatable bonds is 7. The summed E-state index contributed by atoms with van der Waals surface area (Å²) in [6.07, 6.45) is 1.82. The Hall–Kier alpha value is -3.79. The second kappa shape index (κ2) is 9.22. The Bertz CT molecular complexity index is 1450. The lowest BCUT2D eigenvalue weighted by atomic mass is 10.1. The van der Waals surface area contributed by atoms with Crippen LogP contribution < -0.4 is 20.8 Å². The zero-order valence-corrected chi connectivity index (χ0v) is 19.4. The molecule has 1 amide bonds. The summed E-state index contributed by atoms with van der Waals surface area (Å²) in [6.45, 7) is 3.59. The Kier molecular flexibility index (Phi) is 5.97. The van der Waals surface area contributed by atoms with Gasteiger partial charge in [0.25, 0.3) is 5.56 Å². The quantitative estimate of drug-likeness (QED) is 0.407. The first kappa shape index (κ1) is 22.0. The van der Waals surface area contributed by atoms with Gasteiger partial charge in [0.15, 0.2) is 16.7 Å². The second-order valence-corrected chi connectivity index (χ2v) is 8.66. The first-order valence-electron chi connectivity index (χ1n) is 10.9. The predicted molar refractivity (Wildman–Crippen MR) is 129 cm³/mol. The molecule has 0 radical (unpaired) electrons. The number of carbonyl (C=O) groups is 1. The summed E-state index contributed by atoms with van der Waals surface area (Å²) < 4.78 is 14.8. The minimum atomic E-state index is -0.596. The highest BCUT2D eigenvalue weighted by Crippen LogP contribution is 2.36. The Morgan fingerprint density at radius 3 is 2.71 bits per heavy atom. The second-order valence-electron chi connectivity index (χ2n) is 7.72. The minimum absolute atomic E-state index is 0.225. The van der Waals surface area contributed by atoms with Gasteiger partial charge >= 0.3 is 0 Å². The molecule has 1 aliphatic rings. The number of carbonyl (C=O) groups excluding carboxylic acids is 1. The van der Waals surface area contributed by atoms with Crippen molar-refractivity contribution in [1.82, 2.24) is 19.1 Å². The van der Waals surface area contributed by atoms with Gasteiger partial charge in [0.2, 0.25) is 5.91 Å². The average Bonchev–Trinajstić information content (AvgIpc) is 3.27. The van der Waals surface area contributed by atoms with Crippen molar-refractivity contribution in [2.75, 3.05) is 13.2 Å². The monoisotopic (exact) mass is 477 g/mol. The number of benzene rings is 2. The third-order valence-corrected chi connectivity index (χ3v) is 6.54. The third-order valence-electron chi connectivity index (χ3n) is 5.56. The summed E-state index contributed by atoms with van der Waals surface area (Å²) in [5, 5.41) is 1.23. The van der Waals surface area contributed by atoms with Gasteiger partial charge in [-0.3, -0.25) is 14.2 Å². The smallest absolute Gasteiger partial charge is 0.261 e. The highest BCUT2D eigenvalue weighted by atomic mass is 32.2. The fraction of sp³-hybridized carbons (Fsp3) is 0.250. The van der Waals surface area contributed by atoms with Crippen LogP contribution in [0.2, 0.25) is 0 Å². The molecule has 0 spiro atoms. The summed E-state index contributed by atoms with van der Waals surface area (Å²) >= 11 is 1.45. The van der Waals surface area contributed by atoms with Crippen LogP contribution in [-0.4, -0.2) is 38.2 Å². The van der Waals surface area contributed by atoms with E-state index in [-0.39, 0.29) is 12.1 Å². The lowest BCUT2D eigenvalue weighted by molar-refractivity contribution is -0.118. The number of thioether (sulfide) groups is 1. The average molecular weight is 478 g/mol. The Morgan fingerprint density at radius 2 is 1.91 bits per heavy atom. The predicted octanol–water partition coefficient (Wildman–Crippen LogP) is 2.83. The number of hydrogen-bond acceptors (Lipinski definition) is 7. The van der Waals surface area contributed by atoms with E-state index in [1.165, 1.54) is 16.3 Å². The molecule has 0 saturated heterocycles. The van der Waals surface area contributed by atoms with Crippen molar-refractivity contribution in [3.8, 4) is 22.8 Å². The highest BCUT2D eigenvalue weighted by molar-refractivity contribution is 7.98. The molecule has 0 atom stereocenters. The van der Waals surface area contributed by atoms with E-state index in [0.29, 0.717) is 42.2 Å². The molecule has 0 unspecified atom stereocenters. The molecular formula is C24H23N5O4S. The normalized spacial score (nSPS) is 12.7. The molecule has 2 aromatic heterocycles. The van der Waals surface area contributed by atoms with Crippen LogP contribution in [0.4, 0.5) is 0 Å². The summed E-state index contributed by atoms with van der Waals surface area (Å²) in [5.41, 5.74) is 7.63. The molecule has 0 aliphatic carbocycles. The number of fused-ring (bicyclic) bond motifs is 2. The van der Waals surface area contributed by atoms with Gasteiger partial charge in [0, 0.05) is 12.1 Å². The Morgan fingerprint density at radius 1 is 1.12 bits per heavy atom. The van der Waals surface area contributed by atoms with Crippen LogP contribution in [0.3, 0.4) is 0 Å². The Balaban J connectivity index is 1.47. The van der Waals surface area contributed by atoms with Crippen LogP contribution in [0.1, 0.15) is 12.7 Å². The van der Waals surface area contributed by atoms with Gasteiger partial charge in [-0.2, -0.15) is 0 Å². The van der Waals surface area contributed by atoms with Gasteiger partial charge in [0.05, 0.1) is 28.5 Å². The van der Waals surface area contributed by atoms with E-state index in [1.807, 2.05) is 37.4 Å². The van der Waals surface area contributed by atoms with Gasteiger partial charge in [-0.15, -0.1) is 0 Å². The van der Waals surface area contributed by atoms with E-state index in [0.717, 1.165) is 27.9 Å². The molecule has 0 saturated carbocycles. The van der Waals surface area contributed by atoms with Crippen molar-refractivity contribution in [3.63, 3.8) is 0 Å². The van der Waals surface area contributed by atoms with Crippen LogP contribution >= 0.6 is 11.8 Å². The maximum Gasteiger partial charge on any atom is 0.261 e. The van der Waals surface area contributed by atoms with Crippen LogP contribution in [-0.2, 0) is 23.6 Å². The topological polar surface area (TPSA) is 114 Å². The van der Waals surface area contributed by atoms with Crippen molar-refractivity contribution in [3.05, 3.63) is 64.8 Å². The summed E-state index contributed by atoms with van der Waals surface area (Å²) in [6, 6.07) is 12.9. The number of primary amides is 1. The number of para-hydroxylation sites is 1. The number of amides is 1. The van der Waals surface area contributed by atoms with Crippen LogP contribution in [0.5, 0.6) is 11.5 Å². The van der Waals surface area contributed by atoms with Gasteiger partial charge in [0.1, 0.15) is 25.6 Å². The molecule has 5 rings (SSSR count). The van der Waals surface area contributed by atoms with E-state index in [9.17, 15) is 9.59 Å². The van der Waals surface area contributed by atoms with Crippen molar-refractivity contribution in [1.29, 1.82) is 0 Å². The molecular weight excluding hydrogens is 454 g/mol. The Labute approximate surface area is 199 Å². The van der Waals surface area contributed by atoms with Gasteiger partial charge in [-0.1, -0.05) is 23.9 Å².